The van der Waals surface area contributed by atoms with Crippen LogP contribution >= 0.6 is 11.6 Å². The zero-order chi connectivity index (χ0) is 8.15. The molecule has 1 unspecified atom stereocenters. The van der Waals surface area contributed by atoms with Crippen LogP contribution in [0.5, 0.6) is 0 Å². The molecule has 0 fully saturated rings. The highest BCUT2D eigenvalue weighted by Crippen LogP contribution is 2.02. The van der Waals surface area contributed by atoms with E-state index in [0.29, 0.717) is 6.42 Å². The van der Waals surface area contributed by atoms with Gasteiger partial charge in [-0.15, -0.1) is 0 Å². The Morgan fingerprint density at radius 3 is 2.70 bits per heavy atom. The predicted molar refractivity (Wildman–Crippen MR) is 37.4 cm³/mol. The average Bonchev–Trinajstić information content (AvgIpc) is 1.87. The van der Waals surface area contributed by atoms with Gasteiger partial charge in [-0.05, 0) is 0 Å². The molecule has 0 aliphatic heterocycles. The molecule has 0 aliphatic carbocycles. The lowest BCUT2D eigenvalue weighted by Crippen LogP contribution is -2.15. The molecule has 0 rings (SSSR count). The number of aliphatic hydroxyl groups is 1. The second-order valence-electron chi connectivity index (χ2n) is 1.67. The van der Waals surface area contributed by atoms with Gasteiger partial charge in [0.15, 0.2) is 0 Å². The van der Waals surface area contributed by atoms with Crippen LogP contribution in [0.1, 0.15) is 13.3 Å². The molecule has 1 atom stereocenters. The average molecular weight is 165 g/mol. The van der Waals surface area contributed by atoms with Gasteiger partial charge in [0.25, 0.3) is 0 Å². The highest BCUT2D eigenvalue weighted by Gasteiger charge is 2.09. The van der Waals surface area contributed by atoms with Crippen LogP contribution in [0, 0.1) is 0 Å². The van der Waals surface area contributed by atoms with Crippen molar-refractivity contribution in [3.05, 3.63) is 11.6 Å². The van der Waals surface area contributed by atoms with E-state index in [-0.39, 0.29) is 5.03 Å². The molecule has 1 N–H and O–H groups in total. The lowest BCUT2D eigenvalue weighted by Gasteiger charge is -2.07. The summed E-state index contributed by atoms with van der Waals surface area (Å²) in [5.41, 5.74) is 0. The Bertz CT molecular complexity index is 144. The summed E-state index contributed by atoms with van der Waals surface area (Å²) < 4.78 is 4.35. The third kappa shape index (κ3) is 3.48. The zero-order valence-electron chi connectivity index (χ0n) is 5.63. The fourth-order valence-corrected chi connectivity index (χ4v) is 0.315. The van der Waals surface area contributed by atoms with Crippen LogP contribution in [0.3, 0.4) is 0 Å². The minimum atomic E-state index is -1.08. The molecule has 0 amide bonds. The van der Waals surface area contributed by atoms with E-state index >= 15 is 0 Å². The van der Waals surface area contributed by atoms with Crippen LogP contribution in [0.25, 0.3) is 0 Å². The van der Waals surface area contributed by atoms with Gasteiger partial charge in [-0.3, -0.25) is 0 Å². The van der Waals surface area contributed by atoms with E-state index in [9.17, 15) is 4.79 Å². The van der Waals surface area contributed by atoms with Crippen molar-refractivity contribution in [3.63, 3.8) is 0 Å². The normalized spacial score (nSPS) is 12.3. The standard InChI is InChI=1S/C6H9ClO3/c1-3-5(8)10-6(9)4(2)7/h5,8H,2-3H2,1H3. The highest BCUT2D eigenvalue weighted by molar-refractivity contribution is 6.40. The molecule has 58 valence electrons. The number of carbonyl (C=O) groups is 1. The topological polar surface area (TPSA) is 46.5 Å². The summed E-state index contributed by atoms with van der Waals surface area (Å²) in [7, 11) is 0. The molecule has 0 bridgehead atoms. The van der Waals surface area contributed by atoms with Crippen LogP contribution in [-0.4, -0.2) is 17.4 Å². The van der Waals surface area contributed by atoms with E-state index in [1.165, 1.54) is 0 Å². The van der Waals surface area contributed by atoms with Crippen LogP contribution < -0.4 is 0 Å². The third-order valence-electron chi connectivity index (χ3n) is 0.814. The molecule has 0 saturated heterocycles. The van der Waals surface area contributed by atoms with Gasteiger partial charge in [0.05, 0.1) is 0 Å². The van der Waals surface area contributed by atoms with Gasteiger partial charge >= 0.3 is 5.97 Å². The Morgan fingerprint density at radius 2 is 2.40 bits per heavy atom. The number of aliphatic hydroxyl groups excluding tert-OH is 1. The van der Waals surface area contributed by atoms with E-state index in [4.69, 9.17) is 16.7 Å². The molecule has 0 radical (unpaired) electrons. The van der Waals surface area contributed by atoms with E-state index in [1.54, 1.807) is 6.92 Å². The van der Waals surface area contributed by atoms with Crippen molar-refractivity contribution < 1.29 is 14.6 Å². The summed E-state index contributed by atoms with van der Waals surface area (Å²) >= 11 is 5.15. The molecular weight excluding hydrogens is 156 g/mol. The van der Waals surface area contributed by atoms with Crippen molar-refractivity contribution in [1.29, 1.82) is 0 Å². The third-order valence-corrected chi connectivity index (χ3v) is 0.968. The largest absolute Gasteiger partial charge is 0.432 e. The number of ether oxygens (including phenoxy) is 1. The van der Waals surface area contributed by atoms with Crippen LogP contribution in [0.15, 0.2) is 11.6 Å². The highest BCUT2D eigenvalue weighted by atomic mass is 35.5. The monoisotopic (exact) mass is 164 g/mol. The Kier molecular flexibility index (Phi) is 4.07. The number of hydrogen-bond donors (Lipinski definition) is 1. The van der Waals surface area contributed by atoms with Crippen molar-refractivity contribution in [1.82, 2.24) is 0 Å². The summed E-state index contributed by atoms with van der Waals surface area (Å²) in [6, 6.07) is 0. The van der Waals surface area contributed by atoms with Gasteiger partial charge in [0.1, 0.15) is 5.03 Å². The molecule has 4 heteroatoms. The summed E-state index contributed by atoms with van der Waals surface area (Å²) in [5, 5.41) is 8.51. The molecule has 0 aromatic rings. The SMILES string of the molecule is C=C(Cl)C(=O)OC(O)CC. The fourth-order valence-electron chi connectivity index (χ4n) is 0.271. The molecule has 10 heavy (non-hydrogen) atoms. The number of halogens is 1. The first kappa shape index (κ1) is 9.46. The zero-order valence-corrected chi connectivity index (χ0v) is 6.39. The maximum atomic E-state index is 10.5. The first-order valence-corrected chi connectivity index (χ1v) is 3.19. The van der Waals surface area contributed by atoms with Crippen molar-refractivity contribution in [2.45, 2.75) is 19.6 Å². The van der Waals surface area contributed by atoms with Gasteiger partial charge in [-0.1, -0.05) is 25.1 Å². The van der Waals surface area contributed by atoms with Gasteiger partial charge in [0, 0.05) is 6.42 Å². The summed E-state index contributed by atoms with van der Waals surface area (Å²) in [4.78, 5) is 10.5. The van der Waals surface area contributed by atoms with Crippen LogP contribution in [0.2, 0.25) is 0 Å². The maximum Gasteiger partial charge on any atom is 0.351 e. The molecule has 3 nitrogen and oxygen atoms in total. The first-order chi connectivity index (χ1) is 4.57. The van der Waals surface area contributed by atoms with Crippen molar-refractivity contribution in [2.24, 2.45) is 0 Å². The number of esters is 1. The van der Waals surface area contributed by atoms with Crippen molar-refractivity contribution >= 4 is 17.6 Å². The van der Waals surface area contributed by atoms with E-state index in [2.05, 4.69) is 11.3 Å². The van der Waals surface area contributed by atoms with Gasteiger partial charge in [-0.25, -0.2) is 4.79 Å². The summed E-state index contributed by atoms with van der Waals surface area (Å²) in [5.74, 6) is -0.781. The molecule has 0 aliphatic rings. The molecule has 0 aromatic heterocycles. The molecule has 0 aromatic carbocycles. The fraction of sp³-hybridized carbons (Fsp3) is 0.500. The Labute approximate surface area is 64.2 Å². The minimum Gasteiger partial charge on any atom is -0.432 e. The van der Waals surface area contributed by atoms with Gasteiger partial charge in [-0.2, -0.15) is 0 Å². The lowest BCUT2D eigenvalue weighted by molar-refractivity contribution is -0.162. The number of rotatable bonds is 3. The van der Waals surface area contributed by atoms with Crippen LogP contribution in [-0.2, 0) is 9.53 Å². The van der Waals surface area contributed by atoms with Crippen molar-refractivity contribution in [3.8, 4) is 0 Å². The van der Waals surface area contributed by atoms with E-state index < -0.39 is 12.3 Å². The summed E-state index contributed by atoms with van der Waals surface area (Å²) in [6.07, 6.45) is -0.737. The quantitative estimate of drug-likeness (QED) is 0.385. The minimum absolute atomic E-state index is 0.229. The second kappa shape index (κ2) is 4.30. The van der Waals surface area contributed by atoms with Gasteiger partial charge < -0.3 is 9.84 Å². The Hall–Kier alpha value is -0.540. The lowest BCUT2D eigenvalue weighted by atomic mass is 10.5. The Morgan fingerprint density at radius 1 is 1.90 bits per heavy atom. The number of hydrogen-bond acceptors (Lipinski definition) is 3. The van der Waals surface area contributed by atoms with Gasteiger partial charge in [0.2, 0.25) is 6.29 Å². The van der Waals surface area contributed by atoms with E-state index in [0.717, 1.165) is 0 Å². The second-order valence-corrected chi connectivity index (χ2v) is 2.13. The molecular formula is C6H9ClO3. The first-order valence-electron chi connectivity index (χ1n) is 2.81. The molecule has 0 saturated carbocycles. The summed E-state index contributed by atoms with van der Waals surface area (Å²) in [6.45, 7) is 4.80. The van der Waals surface area contributed by atoms with Crippen molar-refractivity contribution in [2.75, 3.05) is 0 Å². The Balaban J connectivity index is 3.68. The predicted octanol–water partition coefficient (Wildman–Crippen LogP) is 1.01. The molecule has 0 spiro atoms. The van der Waals surface area contributed by atoms with E-state index in [1.807, 2.05) is 0 Å². The maximum absolute atomic E-state index is 10.5. The number of carbonyl (C=O) groups excluding carboxylic acids is 1. The van der Waals surface area contributed by atoms with Crippen LogP contribution in [0.4, 0.5) is 0 Å². The molecule has 0 heterocycles. The smallest absolute Gasteiger partial charge is 0.351 e.